The summed E-state index contributed by atoms with van der Waals surface area (Å²) in [5.41, 5.74) is 1.14. The molecular weight excluding hydrogens is 262 g/mol. The zero-order valence-corrected chi connectivity index (χ0v) is 10.7. The molecule has 0 amide bonds. The highest BCUT2D eigenvalue weighted by atomic mass is 16.4. The Labute approximate surface area is 115 Å². The van der Waals surface area contributed by atoms with Crippen molar-refractivity contribution in [3.05, 3.63) is 47.8 Å². The van der Waals surface area contributed by atoms with Gasteiger partial charge in [0.1, 0.15) is 24.0 Å². The van der Waals surface area contributed by atoms with Crippen LogP contribution in [0.3, 0.4) is 0 Å². The van der Waals surface area contributed by atoms with E-state index in [1.54, 1.807) is 0 Å². The van der Waals surface area contributed by atoms with Gasteiger partial charge in [-0.05, 0) is 5.56 Å². The SMILES string of the molecule is OCC(O)C(O)C(O)c1cnn(Cc2ccccc2)n1. The van der Waals surface area contributed by atoms with Gasteiger partial charge in [0.05, 0.1) is 19.3 Å². The average Bonchev–Trinajstić information content (AvgIpc) is 2.94. The lowest BCUT2D eigenvalue weighted by Gasteiger charge is -2.19. The van der Waals surface area contributed by atoms with Gasteiger partial charge in [-0.3, -0.25) is 0 Å². The maximum atomic E-state index is 9.83. The van der Waals surface area contributed by atoms with E-state index < -0.39 is 24.9 Å². The van der Waals surface area contributed by atoms with Crippen LogP contribution in [0.25, 0.3) is 0 Å². The molecule has 108 valence electrons. The lowest BCUT2D eigenvalue weighted by atomic mass is 10.1. The number of aliphatic hydroxyl groups is 4. The molecule has 1 heterocycles. The van der Waals surface area contributed by atoms with E-state index in [1.165, 1.54) is 11.0 Å². The highest BCUT2D eigenvalue weighted by Gasteiger charge is 2.27. The normalized spacial score (nSPS) is 15.8. The fraction of sp³-hybridized carbons (Fsp3) is 0.385. The number of aliphatic hydroxyl groups excluding tert-OH is 4. The molecule has 0 aliphatic heterocycles. The van der Waals surface area contributed by atoms with Crippen molar-refractivity contribution in [1.82, 2.24) is 15.0 Å². The Kier molecular flexibility index (Phi) is 4.80. The van der Waals surface area contributed by atoms with E-state index in [2.05, 4.69) is 10.2 Å². The number of benzene rings is 1. The van der Waals surface area contributed by atoms with E-state index in [0.29, 0.717) is 6.54 Å². The summed E-state index contributed by atoms with van der Waals surface area (Å²) >= 11 is 0. The second-order valence-corrected chi connectivity index (χ2v) is 4.47. The molecule has 1 aromatic heterocycles. The second kappa shape index (κ2) is 6.58. The van der Waals surface area contributed by atoms with Gasteiger partial charge in [0.25, 0.3) is 0 Å². The van der Waals surface area contributed by atoms with E-state index in [0.717, 1.165) is 5.56 Å². The van der Waals surface area contributed by atoms with Crippen molar-refractivity contribution in [2.45, 2.75) is 24.9 Å². The molecule has 0 bridgehead atoms. The summed E-state index contributed by atoms with van der Waals surface area (Å²) in [6, 6.07) is 9.54. The van der Waals surface area contributed by atoms with E-state index >= 15 is 0 Å². The van der Waals surface area contributed by atoms with Crippen molar-refractivity contribution in [1.29, 1.82) is 0 Å². The van der Waals surface area contributed by atoms with Crippen molar-refractivity contribution in [3.63, 3.8) is 0 Å². The van der Waals surface area contributed by atoms with E-state index in [1.807, 2.05) is 30.3 Å². The second-order valence-electron chi connectivity index (χ2n) is 4.47. The van der Waals surface area contributed by atoms with Gasteiger partial charge in [-0.15, -0.1) is 0 Å². The van der Waals surface area contributed by atoms with Gasteiger partial charge in [-0.25, -0.2) is 0 Å². The first kappa shape index (κ1) is 14.6. The van der Waals surface area contributed by atoms with Crippen LogP contribution in [0, 0.1) is 0 Å². The molecule has 0 aliphatic carbocycles. The smallest absolute Gasteiger partial charge is 0.128 e. The van der Waals surface area contributed by atoms with E-state index in [-0.39, 0.29) is 5.69 Å². The molecule has 3 atom stereocenters. The van der Waals surface area contributed by atoms with E-state index in [9.17, 15) is 15.3 Å². The Morgan fingerprint density at radius 1 is 1.10 bits per heavy atom. The molecule has 2 rings (SSSR count). The van der Waals surface area contributed by atoms with Crippen molar-refractivity contribution in [2.24, 2.45) is 0 Å². The molecule has 0 aliphatic rings. The number of hydrogen-bond donors (Lipinski definition) is 4. The summed E-state index contributed by atoms with van der Waals surface area (Å²) in [6.45, 7) is -0.206. The quantitative estimate of drug-likeness (QED) is 0.544. The van der Waals surface area contributed by atoms with Crippen molar-refractivity contribution in [3.8, 4) is 0 Å². The van der Waals surface area contributed by atoms with Crippen molar-refractivity contribution < 1.29 is 20.4 Å². The largest absolute Gasteiger partial charge is 0.394 e. The van der Waals surface area contributed by atoms with Crippen molar-refractivity contribution >= 4 is 0 Å². The standard InChI is InChI=1S/C13H17N3O4/c17-8-11(18)13(20)12(19)10-6-14-16(15-10)7-9-4-2-1-3-5-9/h1-6,11-13,17-20H,7-8H2. The molecule has 7 heteroatoms. The van der Waals surface area contributed by atoms with Gasteiger partial charge < -0.3 is 20.4 Å². The summed E-state index contributed by atoms with van der Waals surface area (Å²) in [7, 11) is 0. The first-order valence-corrected chi connectivity index (χ1v) is 6.21. The lowest BCUT2D eigenvalue weighted by molar-refractivity contribution is -0.0790. The van der Waals surface area contributed by atoms with Crippen LogP contribution in [0.5, 0.6) is 0 Å². The minimum atomic E-state index is -1.51. The zero-order valence-electron chi connectivity index (χ0n) is 10.7. The Balaban J connectivity index is 2.05. The summed E-state index contributed by atoms with van der Waals surface area (Å²) in [6.07, 6.45) is -3.02. The van der Waals surface area contributed by atoms with Crippen LogP contribution in [0.4, 0.5) is 0 Å². The molecule has 0 fully saturated rings. The fourth-order valence-corrected chi connectivity index (χ4v) is 1.76. The van der Waals surface area contributed by atoms with Crippen LogP contribution >= 0.6 is 0 Å². The Hall–Kier alpha value is -1.80. The molecule has 0 radical (unpaired) electrons. The van der Waals surface area contributed by atoms with Gasteiger partial charge in [0.15, 0.2) is 0 Å². The summed E-state index contributed by atoms with van der Waals surface area (Å²) in [5, 5.41) is 45.5. The molecule has 4 N–H and O–H groups in total. The van der Waals surface area contributed by atoms with Gasteiger partial charge in [-0.2, -0.15) is 15.0 Å². The minimum absolute atomic E-state index is 0.140. The fourth-order valence-electron chi connectivity index (χ4n) is 1.76. The predicted molar refractivity (Wildman–Crippen MR) is 69.6 cm³/mol. The Bertz CT molecular complexity index is 531. The third-order valence-corrected chi connectivity index (χ3v) is 2.93. The molecule has 2 aromatic rings. The van der Waals surface area contributed by atoms with Gasteiger partial charge in [0.2, 0.25) is 0 Å². The third-order valence-electron chi connectivity index (χ3n) is 2.93. The Morgan fingerprint density at radius 2 is 1.80 bits per heavy atom. The summed E-state index contributed by atoms with van der Waals surface area (Å²) in [4.78, 5) is 1.38. The molecule has 0 spiro atoms. The first-order chi connectivity index (χ1) is 9.61. The van der Waals surface area contributed by atoms with Gasteiger partial charge in [-0.1, -0.05) is 30.3 Å². The highest BCUT2D eigenvalue weighted by Crippen LogP contribution is 2.16. The summed E-state index contributed by atoms with van der Waals surface area (Å²) < 4.78 is 0. The number of rotatable bonds is 6. The summed E-state index contributed by atoms with van der Waals surface area (Å²) in [5.74, 6) is 0. The number of hydrogen-bond acceptors (Lipinski definition) is 6. The maximum Gasteiger partial charge on any atom is 0.128 e. The van der Waals surface area contributed by atoms with Crippen LogP contribution in [0.15, 0.2) is 36.5 Å². The number of aromatic nitrogens is 3. The monoisotopic (exact) mass is 279 g/mol. The van der Waals surface area contributed by atoms with Gasteiger partial charge in [0, 0.05) is 0 Å². The predicted octanol–water partition coefficient (Wildman–Crippen LogP) is -0.926. The molecule has 0 saturated carbocycles. The lowest BCUT2D eigenvalue weighted by Crippen LogP contribution is -2.35. The molecule has 3 unspecified atom stereocenters. The topological polar surface area (TPSA) is 112 Å². The first-order valence-electron chi connectivity index (χ1n) is 6.21. The third kappa shape index (κ3) is 3.40. The van der Waals surface area contributed by atoms with Crippen molar-refractivity contribution in [2.75, 3.05) is 6.61 Å². The molecule has 1 aromatic carbocycles. The Morgan fingerprint density at radius 3 is 2.45 bits per heavy atom. The van der Waals surface area contributed by atoms with Gasteiger partial charge >= 0.3 is 0 Å². The van der Waals surface area contributed by atoms with Crippen LogP contribution in [-0.4, -0.2) is 54.2 Å². The highest BCUT2D eigenvalue weighted by molar-refractivity contribution is 5.14. The average molecular weight is 279 g/mol. The molecule has 20 heavy (non-hydrogen) atoms. The zero-order chi connectivity index (χ0) is 14.5. The van der Waals surface area contributed by atoms with Crippen LogP contribution in [-0.2, 0) is 6.54 Å². The molecule has 0 saturated heterocycles. The number of nitrogens with zero attached hydrogens (tertiary/aromatic N) is 3. The maximum absolute atomic E-state index is 9.83. The molecule has 7 nitrogen and oxygen atoms in total. The van der Waals surface area contributed by atoms with Crippen LogP contribution in [0.1, 0.15) is 17.4 Å². The van der Waals surface area contributed by atoms with E-state index in [4.69, 9.17) is 5.11 Å². The molecular formula is C13H17N3O4. The minimum Gasteiger partial charge on any atom is -0.394 e. The van der Waals surface area contributed by atoms with Crippen LogP contribution < -0.4 is 0 Å². The van der Waals surface area contributed by atoms with Crippen LogP contribution in [0.2, 0.25) is 0 Å².